The van der Waals surface area contributed by atoms with Gasteiger partial charge < -0.3 is 9.88 Å². The second-order valence-electron chi connectivity index (χ2n) is 4.98. The molecule has 0 saturated carbocycles. The summed E-state index contributed by atoms with van der Waals surface area (Å²) < 4.78 is 2.19. The summed E-state index contributed by atoms with van der Waals surface area (Å²) in [6, 6.07) is 10.3. The maximum absolute atomic E-state index is 4.21. The molecule has 108 valence electrons. The van der Waals surface area contributed by atoms with E-state index in [4.69, 9.17) is 0 Å². The average Bonchev–Trinajstić information content (AvgIpc) is 3.18. The minimum absolute atomic E-state index is 0.781. The van der Waals surface area contributed by atoms with E-state index in [1.165, 1.54) is 5.69 Å². The van der Waals surface area contributed by atoms with Crippen molar-refractivity contribution in [2.24, 2.45) is 0 Å². The van der Waals surface area contributed by atoms with Gasteiger partial charge in [-0.3, -0.25) is 5.10 Å². The van der Waals surface area contributed by atoms with Crippen LogP contribution in [0.15, 0.2) is 49.1 Å². The molecule has 3 rings (SSSR count). The van der Waals surface area contributed by atoms with Crippen molar-refractivity contribution in [3.05, 3.63) is 54.7 Å². The summed E-state index contributed by atoms with van der Waals surface area (Å²) >= 11 is 0. The summed E-state index contributed by atoms with van der Waals surface area (Å²) in [4.78, 5) is 4.21. The molecule has 21 heavy (non-hydrogen) atoms. The molecule has 0 radical (unpaired) electrons. The third-order valence-corrected chi connectivity index (χ3v) is 3.43. The van der Waals surface area contributed by atoms with E-state index >= 15 is 0 Å². The predicted octanol–water partition coefficient (Wildman–Crippen LogP) is 3.30. The first-order chi connectivity index (χ1) is 10.4. The zero-order chi connectivity index (χ0) is 14.5. The lowest BCUT2D eigenvalue weighted by Gasteiger charge is -2.09. The van der Waals surface area contributed by atoms with Crippen LogP contribution >= 0.6 is 0 Å². The van der Waals surface area contributed by atoms with Crippen LogP contribution in [0.4, 0.5) is 5.69 Å². The van der Waals surface area contributed by atoms with Gasteiger partial charge in [0.15, 0.2) is 0 Å². The SMILES string of the molecule is CCCn1cncc1CNc1ccc(-c2ccn[nH]2)cc1. The first kappa shape index (κ1) is 13.4. The van der Waals surface area contributed by atoms with Crippen molar-refractivity contribution >= 4 is 5.69 Å². The number of benzene rings is 1. The van der Waals surface area contributed by atoms with Crippen LogP contribution in [-0.2, 0) is 13.1 Å². The highest BCUT2D eigenvalue weighted by Gasteiger charge is 2.02. The molecule has 0 spiro atoms. The fourth-order valence-electron chi connectivity index (χ4n) is 2.31. The molecule has 0 unspecified atom stereocenters. The van der Waals surface area contributed by atoms with E-state index in [-0.39, 0.29) is 0 Å². The molecule has 2 aromatic heterocycles. The molecule has 0 fully saturated rings. The Morgan fingerprint density at radius 3 is 2.76 bits per heavy atom. The Labute approximate surface area is 124 Å². The van der Waals surface area contributed by atoms with E-state index in [1.54, 1.807) is 6.20 Å². The van der Waals surface area contributed by atoms with Gasteiger partial charge in [0.05, 0.1) is 24.3 Å². The predicted molar refractivity (Wildman–Crippen MR) is 83.9 cm³/mol. The Bertz CT molecular complexity index is 667. The third-order valence-electron chi connectivity index (χ3n) is 3.43. The molecule has 1 aromatic carbocycles. The number of aromatic nitrogens is 4. The van der Waals surface area contributed by atoms with Crippen molar-refractivity contribution in [3.63, 3.8) is 0 Å². The molecular formula is C16H19N5. The highest BCUT2D eigenvalue weighted by atomic mass is 15.1. The number of H-pyrrole nitrogens is 1. The fourth-order valence-corrected chi connectivity index (χ4v) is 2.31. The van der Waals surface area contributed by atoms with Crippen molar-refractivity contribution in [2.45, 2.75) is 26.4 Å². The third kappa shape index (κ3) is 3.13. The molecule has 0 amide bonds. The summed E-state index contributed by atoms with van der Waals surface area (Å²) in [6.07, 6.45) is 6.68. The normalized spacial score (nSPS) is 10.7. The van der Waals surface area contributed by atoms with Crippen LogP contribution in [0.3, 0.4) is 0 Å². The van der Waals surface area contributed by atoms with Gasteiger partial charge in [-0.05, 0) is 30.2 Å². The van der Waals surface area contributed by atoms with Crippen molar-refractivity contribution < 1.29 is 0 Å². The number of nitrogens with zero attached hydrogens (tertiary/aromatic N) is 3. The van der Waals surface area contributed by atoms with Gasteiger partial charge >= 0.3 is 0 Å². The minimum Gasteiger partial charge on any atom is -0.379 e. The minimum atomic E-state index is 0.781. The smallest absolute Gasteiger partial charge is 0.0948 e. The van der Waals surface area contributed by atoms with Crippen LogP contribution < -0.4 is 5.32 Å². The van der Waals surface area contributed by atoms with Crippen LogP contribution in [0.5, 0.6) is 0 Å². The first-order valence-corrected chi connectivity index (χ1v) is 7.19. The Morgan fingerprint density at radius 1 is 1.19 bits per heavy atom. The summed E-state index contributed by atoms with van der Waals surface area (Å²) in [6.45, 7) is 3.96. The number of anilines is 1. The molecule has 3 aromatic rings. The summed E-state index contributed by atoms with van der Waals surface area (Å²) in [7, 11) is 0. The number of nitrogens with one attached hydrogen (secondary N) is 2. The van der Waals surface area contributed by atoms with E-state index in [2.05, 4.69) is 56.3 Å². The molecule has 5 heteroatoms. The quantitative estimate of drug-likeness (QED) is 0.729. The summed E-state index contributed by atoms with van der Waals surface area (Å²) in [5.41, 5.74) is 4.47. The largest absolute Gasteiger partial charge is 0.379 e. The highest BCUT2D eigenvalue weighted by Crippen LogP contribution is 2.19. The van der Waals surface area contributed by atoms with Crippen LogP contribution in [0, 0.1) is 0 Å². The molecule has 0 bridgehead atoms. The zero-order valence-electron chi connectivity index (χ0n) is 12.1. The van der Waals surface area contributed by atoms with Crippen molar-refractivity contribution in [1.29, 1.82) is 0 Å². The van der Waals surface area contributed by atoms with E-state index in [9.17, 15) is 0 Å². The summed E-state index contributed by atoms with van der Waals surface area (Å²) in [5.74, 6) is 0. The molecular weight excluding hydrogens is 262 g/mol. The van der Waals surface area contributed by atoms with Crippen LogP contribution in [0.2, 0.25) is 0 Å². The Hall–Kier alpha value is -2.56. The van der Waals surface area contributed by atoms with E-state index in [0.717, 1.165) is 36.5 Å². The number of hydrogen-bond donors (Lipinski definition) is 2. The Balaban J connectivity index is 1.64. The van der Waals surface area contributed by atoms with Gasteiger partial charge in [0.1, 0.15) is 0 Å². The molecule has 2 N–H and O–H groups in total. The number of aryl methyl sites for hydroxylation is 1. The van der Waals surface area contributed by atoms with Crippen LogP contribution in [-0.4, -0.2) is 19.7 Å². The topological polar surface area (TPSA) is 58.5 Å². The van der Waals surface area contributed by atoms with Crippen molar-refractivity contribution in [2.75, 3.05) is 5.32 Å². The van der Waals surface area contributed by atoms with E-state index in [1.807, 2.05) is 18.6 Å². The van der Waals surface area contributed by atoms with Gasteiger partial charge in [0.2, 0.25) is 0 Å². The van der Waals surface area contributed by atoms with Gasteiger partial charge in [0, 0.05) is 24.6 Å². The number of imidazole rings is 1. The van der Waals surface area contributed by atoms with E-state index < -0.39 is 0 Å². The van der Waals surface area contributed by atoms with Gasteiger partial charge in [-0.1, -0.05) is 19.1 Å². The van der Waals surface area contributed by atoms with Crippen LogP contribution in [0.1, 0.15) is 19.0 Å². The molecule has 0 saturated heterocycles. The standard InChI is InChI=1S/C16H19N5/c1-2-9-21-12-17-10-15(21)11-18-14-5-3-13(4-6-14)16-7-8-19-20-16/h3-8,10,12,18H,2,9,11H2,1H3,(H,19,20). The van der Waals surface area contributed by atoms with Gasteiger partial charge in [-0.2, -0.15) is 5.10 Å². The average molecular weight is 281 g/mol. The number of aromatic amines is 1. The fraction of sp³-hybridized carbons (Fsp3) is 0.250. The zero-order valence-corrected chi connectivity index (χ0v) is 12.1. The molecule has 0 aliphatic rings. The van der Waals surface area contributed by atoms with Crippen molar-refractivity contribution in [3.8, 4) is 11.3 Å². The Morgan fingerprint density at radius 2 is 2.05 bits per heavy atom. The maximum Gasteiger partial charge on any atom is 0.0948 e. The molecule has 0 aliphatic carbocycles. The second-order valence-corrected chi connectivity index (χ2v) is 4.98. The Kier molecular flexibility index (Phi) is 4.00. The van der Waals surface area contributed by atoms with Gasteiger partial charge in [-0.15, -0.1) is 0 Å². The second kappa shape index (κ2) is 6.26. The molecule has 0 aliphatic heterocycles. The maximum atomic E-state index is 4.21. The van der Waals surface area contributed by atoms with Crippen molar-refractivity contribution in [1.82, 2.24) is 19.7 Å². The van der Waals surface area contributed by atoms with Gasteiger partial charge in [0.25, 0.3) is 0 Å². The first-order valence-electron chi connectivity index (χ1n) is 7.19. The van der Waals surface area contributed by atoms with Crippen LogP contribution in [0.25, 0.3) is 11.3 Å². The molecule has 2 heterocycles. The van der Waals surface area contributed by atoms with Gasteiger partial charge in [-0.25, -0.2) is 4.98 Å². The molecule has 5 nitrogen and oxygen atoms in total. The number of rotatable bonds is 6. The lowest BCUT2D eigenvalue weighted by Crippen LogP contribution is -2.06. The molecule has 0 atom stereocenters. The lowest BCUT2D eigenvalue weighted by molar-refractivity contribution is 0.651. The highest BCUT2D eigenvalue weighted by molar-refractivity contribution is 5.62. The lowest BCUT2D eigenvalue weighted by atomic mass is 10.1. The summed E-state index contributed by atoms with van der Waals surface area (Å²) in [5, 5.41) is 10.4. The number of hydrogen-bond acceptors (Lipinski definition) is 3. The monoisotopic (exact) mass is 281 g/mol. The van der Waals surface area contributed by atoms with E-state index in [0.29, 0.717) is 0 Å².